The Labute approximate surface area is 179 Å². The Kier molecular flexibility index (Phi) is 5.35. The summed E-state index contributed by atoms with van der Waals surface area (Å²) in [5.74, 6) is 1.21. The van der Waals surface area contributed by atoms with Crippen LogP contribution in [0.5, 0.6) is 0 Å². The number of amides is 1. The summed E-state index contributed by atoms with van der Waals surface area (Å²) in [5.41, 5.74) is 3.91. The van der Waals surface area contributed by atoms with Gasteiger partial charge in [-0.25, -0.2) is 0 Å². The fourth-order valence-electron chi connectivity index (χ4n) is 5.03. The number of carbonyl (C=O) groups excluding carboxylic acids is 1. The number of benzene rings is 1. The number of fused-ring (bicyclic) bond motifs is 3. The summed E-state index contributed by atoms with van der Waals surface area (Å²) in [7, 11) is 0. The van der Waals surface area contributed by atoms with E-state index in [0.29, 0.717) is 11.7 Å². The molecule has 1 atom stereocenters. The van der Waals surface area contributed by atoms with Crippen molar-refractivity contribution in [1.29, 1.82) is 0 Å². The minimum atomic E-state index is 0.177. The van der Waals surface area contributed by atoms with E-state index in [0.717, 1.165) is 22.3 Å². The van der Waals surface area contributed by atoms with E-state index in [-0.39, 0.29) is 11.9 Å². The van der Waals surface area contributed by atoms with Gasteiger partial charge in [0.1, 0.15) is 5.01 Å². The van der Waals surface area contributed by atoms with Crippen molar-refractivity contribution in [1.82, 2.24) is 20.1 Å². The largest absolute Gasteiger partial charge is 0.356 e. The van der Waals surface area contributed by atoms with Crippen LogP contribution in [0.4, 0.5) is 0 Å². The van der Waals surface area contributed by atoms with Gasteiger partial charge in [-0.1, -0.05) is 60.6 Å². The highest BCUT2D eigenvalue weighted by Crippen LogP contribution is 2.44. The molecule has 1 amide bonds. The van der Waals surface area contributed by atoms with E-state index >= 15 is 0 Å². The highest BCUT2D eigenvalue weighted by atomic mass is 32.2. The normalized spacial score (nSPS) is 20.2. The first-order valence-electron chi connectivity index (χ1n) is 10.5. The van der Waals surface area contributed by atoms with Crippen molar-refractivity contribution < 1.29 is 4.79 Å². The lowest BCUT2D eigenvalue weighted by Gasteiger charge is -2.41. The summed E-state index contributed by atoms with van der Waals surface area (Å²) >= 11 is 3.08. The molecule has 1 aliphatic heterocycles. The Balaban J connectivity index is 1.44. The Bertz CT molecular complexity index is 1020. The molecule has 1 unspecified atom stereocenters. The number of H-pyrrole nitrogens is 1. The van der Waals surface area contributed by atoms with Crippen LogP contribution < -0.4 is 0 Å². The van der Waals surface area contributed by atoms with Gasteiger partial charge in [-0.15, -0.1) is 10.2 Å². The number of thioether (sulfide) groups is 1. The minimum absolute atomic E-state index is 0.177. The number of nitrogens with one attached hydrogen (secondary N) is 1. The van der Waals surface area contributed by atoms with Crippen LogP contribution in [-0.2, 0) is 11.2 Å². The molecule has 0 bridgehead atoms. The Morgan fingerprint density at radius 3 is 2.86 bits per heavy atom. The van der Waals surface area contributed by atoms with Crippen LogP contribution in [0.25, 0.3) is 10.9 Å². The standard InChI is InChI=1S/C22H26N4OS2/c1-14-24-25-22(29-14)28-13-19(27)26-12-11-17-16-9-5-6-10-18(16)23-20(17)21(26)15-7-3-2-4-8-15/h5-6,9-10,15,21,23H,2-4,7-8,11-13H2,1H3. The van der Waals surface area contributed by atoms with Crippen molar-refractivity contribution in [3.63, 3.8) is 0 Å². The summed E-state index contributed by atoms with van der Waals surface area (Å²) in [6.07, 6.45) is 7.23. The van der Waals surface area contributed by atoms with Crippen LogP contribution in [0.15, 0.2) is 28.6 Å². The summed E-state index contributed by atoms with van der Waals surface area (Å²) in [6, 6.07) is 8.75. The molecular formula is C22H26N4OS2. The van der Waals surface area contributed by atoms with Gasteiger partial charge >= 0.3 is 0 Å². The zero-order chi connectivity index (χ0) is 19.8. The maximum atomic E-state index is 13.3. The molecule has 152 valence electrons. The van der Waals surface area contributed by atoms with Gasteiger partial charge < -0.3 is 9.88 Å². The molecule has 2 aliphatic rings. The third-order valence-electron chi connectivity index (χ3n) is 6.32. The molecule has 3 aromatic rings. The average molecular weight is 427 g/mol. The number of carbonyl (C=O) groups is 1. The van der Waals surface area contributed by atoms with Gasteiger partial charge in [0, 0.05) is 23.1 Å². The molecule has 1 saturated carbocycles. The number of hydrogen-bond donors (Lipinski definition) is 1. The lowest BCUT2D eigenvalue weighted by molar-refractivity contribution is -0.133. The lowest BCUT2D eigenvalue weighted by Crippen LogP contribution is -2.44. The van der Waals surface area contributed by atoms with Crippen molar-refractivity contribution in [3.8, 4) is 0 Å². The Hall–Kier alpha value is -1.86. The molecule has 29 heavy (non-hydrogen) atoms. The molecule has 5 rings (SSSR count). The quantitative estimate of drug-likeness (QED) is 0.588. The monoisotopic (exact) mass is 426 g/mol. The number of rotatable bonds is 4. The summed E-state index contributed by atoms with van der Waals surface area (Å²) < 4.78 is 0.883. The maximum Gasteiger partial charge on any atom is 0.233 e. The van der Waals surface area contributed by atoms with Gasteiger partial charge in [0.2, 0.25) is 5.91 Å². The number of nitrogens with zero attached hydrogens (tertiary/aromatic N) is 3. The van der Waals surface area contributed by atoms with E-state index in [2.05, 4.69) is 44.3 Å². The van der Waals surface area contributed by atoms with Crippen molar-refractivity contribution in [3.05, 3.63) is 40.5 Å². The van der Waals surface area contributed by atoms with E-state index in [1.165, 1.54) is 66.0 Å². The second-order valence-electron chi connectivity index (χ2n) is 8.12. The van der Waals surface area contributed by atoms with Gasteiger partial charge in [-0.3, -0.25) is 4.79 Å². The number of para-hydroxylation sites is 1. The first-order chi connectivity index (χ1) is 14.2. The molecule has 1 aromatic carbocycles. The molecular weight excluding hydrogens is 400 g/mol. The van der Waals surface area contributed by atoms with E-state index < -0.39 is 0 Å². The van der Waals surface area contributed by atoms with Gasteiger partial charge in [-0.05, 0) is 43.7 Å². The third kappa shape index (κ3) is 3.70. The van der Waals surface area contributed by atoms with Crippen LogP contribution in [0.1, 0.15) is 54.4 Å². The molecule has 7 heteroatoms. The molecule has 0 spiro atoms. The summed E-state index contributed by atoms with van der Waals surface area (Å²) in [6.45, 7) is 2.76. The molecule has 5 nitrogen and oxygen atoms in total. The van der Waals surface area contributed by atoms with Gasteiger partial charge in [0.25, 0.3) is 0 Å². The second-order valence-corrected chi connectivity index (χ2v) is 10.5. The zero-order valence-corrected chi connectivity index (χ0v) is 18.3. The smallest absolute Gasteiger partial charge is 0.233 e. The van der Waals surface area contributed by atoms with Crippen LogP contribution in [0.2, 0.25) is 0 Å². The maximum absolute atomic E-state index is 13.3. The molecule has 1 fully saturated rings. The zero-order valence-electron chi connectivity index (χ0n) is 16.7. The second kappa shape index (κ2) is 8.11. The molecule has 0 saturated heterocycles. The Morgan fingerprint density at radius 2 is 2.07 bits per heavy atom. The summed E-state index contributed by atoms with van der Waals surface area (Å²) in [5, 5.41) is 10.5. The highest BCUT2D eigenvalue weighted by molar-refractivity contribution is 8.01. The molecule has 0 radical (unpaired) electrons. The fourth-order valence-corrected chi connectivity index (χ4v) is 6.73. The number of aryl methyl sites for hydroxylation is 1. The van der Waals surface area contributed by atoms with E-state index in [1.54, 1.807) is 11.3 Å². The van der Waals surface area contributed by atoms with Gasteiger partial charge in [0.15, 0.2) is 4.34 Å². The molecule has 1 aliphatic carbocycles. The van der Waals surface area contributed by atoms with Crippen LogP contribution in [0, 0.1) is 12.8 Å². The fraction of sp³-hybridized carbons (Fsp3) is 0.500. The third-order valence-corrected chi connectivity index (χ3v) is 8.28. The first-order valence-corrected chi connectivity index (χ1v) is 12.3. The van der Waals surface area contributed by atoms with Gasteiger partial charge in [-0.2, -0.15) is 0 Å². The van der Waals surface area contributed by atoms with Crippen LogP contribution in [0.3, 0.4) is 0 Å². The lowest BCUT2D eigenvalue weighted by atomic mass is 9.79. The number of hydrogen-bond acceptors (Lipinski definition) is 5. The first kappa shape index (κ1) is 19.1. The van der Waals surface area contributed by atoms with Crippen molar-refractivity contribution in [2.24, 2.45) is 5.92 Å². The minimum Gasteiger partial charge on any atom is -0.356 e. The number of aromatic amines is 1. The van der Waals surface area contributed by atoms with Gasteiger partial charge in [0.05, 0.1) is 11.8 Å². The van der Waals surface area contributed by atoms with Crippen molar-refractivity contribution in [2.45, 2.75) is 55.8 Å². The predicted octanol–water partition coefficient (Wildman–Crippen LogP) is 5.13. The Morgan fingerprint density at radius 1 is 1.24 bits per heavy atom. The van der Waals surface area contributed by atoms with Crippen LogP contribution >= 0.6 is 23.1 Å². The van der Waals surface area contributed by atoms with E-state index in [1.807, 2.05) is 6.92 Å². The molecule has 1 N–H and O–H groups in total. The molecule has 2 aromatic heterocycles. The summed E-state index contributed by atoms with van der Waals surface area (Å²) in [4.78, 5) is 19.2. The topological polar surface area (TPSA) is 61.9 Å². The molecule has 3 heterocycles. The predicted molar refractivity (Wildman–Crippen MR) is 118 cm³/mol. The highest BCUT2D eigenvalue weighted by Gasteiger charge is 2.38. The van der Waals surface area contributed by atoms with Crippen LogP contribution in [-0.4, -0.2) is 38.3 Å². The SMILES string of the molecule is Cc1nnc(SCC(=O)N2CCc3c([nH]c4ccccc34)C2C2CCCCC2)s1. The van der Waals surface area contributed by atoms with E-state index in [9.17, 15) is 4.79 Å². The van der Waals surface area contributed by atoms with Crippen molar-refractivity contribution >= 4 is 39.9 Å². The number of aromatic nitrogens is 3. The van der Waals surface area contributed by atoms with Crippen molar-refractivity contribution in [2.75, 3.05) is 12.3 Å². The van der Waals surface area contributed by atoms with E-state index in [4.69, 9.17) is 0 Å². The average Bonchev–Trinajstić information content (AvgIpc) is 3.35.